The zero-order valence-electron chi connectivity index (χ0n) is 15.6. The van der Waals surface area contributed by atoms with Crippen molar-refractivity contribution in [2.24, 2.45) is 13.0 Å². The summed E-state index contributed by atoms with van der Waals surface area (Å²) in [6.45, 7) is 8.18. The largest absolute Gasteiger partial charge is 0.378 e. The monoisotopic (exact) mass is 346 g/mol. The van der Waals surface area contributed by atoms with E-state index >= 15 is 0 Å². The van der Waals surface area contributed by atoms with Crippen LogP contribution < -0.4 is 0 Å². The third kappa shape index (κ3) is 5.41. The highest BCUT2D eigenvalue weighted by Crippen LogP contribution is 2.16. The van der Waals surface area contributed by atoms with Crippen molar-refractivity contribution in [2.75, 3.05) is 19.7 Å². The molecule has 0 bridgehead atoms. The molecule has 0 radical (unpaired) electrons. The first kappa shape index (κ1) is 18.1. The number of ether oxygens (including phenoxy) is 1. The summed E-state index contributed by atoms with van der Waals surface area (Å²) < 4.78 is 13.5. The molecule has 0 aromatic carbocycles. The van der Waals surface area contributed by atoms with Crippen LogP contribution in [0.1, 0.15) is 44.1 Å². The van der Waals surface area contributed by atoms with E-state index in [4.69, 9.17) is 9.26 Å². The Morgan fingerprint density at radius 2 is 2.12 bits per heavy atom. The van der Waals surface area contributed by atoms with Crippen molar-refractivity contribution in [3.63, 3.8) is 0 Å². The Balaban J connectivity index is 1.34. The lowest BCUT2D eigenvalue weighted by atomic mass is 10.1. The SMILES string of the molecule is CC(C)Cc1nc(CCOC2CCN(Cc3cccn3C)CC2)no1. The lowest BCUT2D eigenvalue weighted by Crippen LogP contribution is -2.37. The van der Waals surface area contributed by atoms with Crippen LogP contribution in [-0.2, 0) is 31.2 Å². The molecule has 0 N–H and O–H groups in total. The number of hydrogen-bond donors (Lipinski definition) is 0. The average molecular weight is 346 g/mol. The second kappa shape index (κ2) is 8.63. The summed E-state index contributed by atoms with van der Waals surface area (Å²) in [7, 11) is 2.11. The highest BCUT2D eigenvalue weighted by molar-refractivity contribution is 5.06. The lowest BCUT2D eigenvalue weighted by molar-refractivity contribution is 0.00639. The van der Waals surface area contributed by atoms with Gasteiger partial charge in [0.15, 0.2) is 5.82 Å². The lowest BCUT2D eigenvalue weighted by Gasteiger charge is -2.31. The van der Waals surface area contributed by atoms with Crippen molar-refractivity contribution in [3.8, 4) is 0 Å². The van der Waals surface area contributed by atoms with Crippen molar-refractivity contribution in [3.05, 3.63) is 35.7 Å². The topological polar surface area (TPSA) is 56.3 Å². The van der Waals surface area contributed by atoms with Crippen LogP contribution in [0.4, 0.5) is 0 Å². The van der Waals surface area contributed by atoms with Gasteiger partial charge in [0.1, 0.15) is 0 Å². The third-order valence-electron chi connectivity index (χ3n) is 4.74. The zero-order valence-corrected chi connectivity index (χ0v) is 15.6. The number of aryl methyl sites for hydroxylation is 1. The summed E-state index contributed by atoms with van der Waals surface area (Å²) in [5.74, 6) is 2.03. The maximum Gasteiger partial charge on any atom is 0.226 e. The van der Waals surface area contributed by atoms with E-state index in [9.17, 15) is 0 Å². The molecular formula is C19H30N4O2. The molecule has 0 atom stereocenters. The van der Waals surface area contributed by atoms with E-state index < -0.39 is 0 Å². The van der Waals surface area contributed by atoms with E-state index in [-0.39, 0.29) is 0 Å². The maximum absolute atomic E-state index is 6.03. The smallest absolute Gasteiger partial charge is 0.226 e. The molecule has 0 saturated carbocycles. The fourth-order valence-electron chi connectivity index (χ4n) is 3.26. The molecule has 6 nitrogen and oxygen atoms in total. The molecule has 3 heterocycles. The van der Waals surface area contributed by atoms with Crippen LogP contribution in [0.2, 0.25) is 0 Å². The summed E-state index contributed by atoms with van der Waals surface area (Å²) in [5.41, 5.74) is 1.37. The molecule has 138 valence electrons. The van der Waals surface area contributed by atoms with Gasteiger partial charge in [0, 0.05) is 51.4 Å². The number of likely N-dealkylation sites (tertiary alicyclic amines) is 1. The van der Waals surface area contributed by atoms with Crippen LogP contribution in [0, 0.1) is 5.92 Å². The molecule has 0 spiro atoms. The van der Waals surface area contributed by atoms with E-state index in [0.29, 0.717) is 18.6 Å². The Bertz CT molecular complexity index is 641. The summed E-state index contributed by atoms with van der Waals surface area (Å²) in [4.78, 5) is 6.93. The molecule has 1 saturated heterocycles. The quantitative estimate of drug-likeness (QED) is 0.736. The molecule has 1 aliphatic rings. The normalized spacial score (nSPS) is 16.8. The number of aromatic nitrogens is 3. The van der Waals surface area contributed by atoms with E-state index in [0.717, 1.165) is 57.0 Å². The van der Waals surface area contributed by atoms with Gasteiger partial charge in [-0.15, -0.1) is 0 Å². The second-order valence-electron chi connectivity index (χ2n) is 7.41. The van der Waals surface area contributed by atoms with Gasteiger partial charge >= 0.3 is 0 Å². The minimum atomic E-state index is 0.353. The van der Waals surface area contributed by atoms with Gasteiger partial charge in [0.25, 0.3) is 0 Å². The van der Waals surface area contributed by atoms with Crippen LogP contribution in [0.15, 0.2) is 22.9 Å². The van der Waals surface area contributed by atoms with Gasteiger partial charge < -0.3 is 13.8 Å². The van der Waals surface area contributed by atoms with Gasteiger partial charge in [0.05, 0.1) is 12.7 Å². The average Bonchev–Trinajstić information content (AvgIpc) is 3.18. The molecule has 2 aromatic rings. The first-order valence-electron chi connectivity index (χ1n) is 9.36. The summed E-state index contributed by atoms with van der Waals surface area (Å²) >= 11 is 0. The van der Waals surface area contributed by atoms with Crippen molar-refractivity contribution in [2.45, 2.75) is 52.2 Å². The Morgan fingerprint density at radius 1 is 1.32 bits per heavy atom. The van der Waals surface area contributed by atoms with Crippen molar-refractivity contribution in [1.29, 1.82) is 0 Å². The van der Waals surface area contributed by atoms with Gasteiger partial charge in [0.2, 0.25) is 5.89 Å². The first-order valence-corrected chi connectivity index (χ1v) is 9.36. The van der Waals surface area contributed by atoms with E-state index in [2.05, 4.69) is 58.8 Å². The van der Waals surface area contributed by atoms with Gasteiger partial charge in [-0.25, -0.2) is 0 Å². The van der Waals surface area contributed by atoms with Gasteiger partial charge in [-0.2, -0.15) is 4.98 Å². The van der Waals surface area contributed by atoms with Gasteiger partial charge in [-0.1, -0.05) is 19.0 Å². The molecule has 0 aliphatic carbocycles. The van der Waals surface area contributed by atoms with Crippen LogP contribution in [0.25, 0.3) is 0 Å². The standard InChI is InChI=1S/C19H30N4O2/c1-15(2)13-19-20-18(21-25-19)8-12-24-17-6-10-23(11-7-17)14-16-5-4-9-22(16)3/h4-5,9,15,17H,6-8,10-14H2,1-3H3. The second-order valence-corrected chi connectivity index (χ2v) is 7.41. The zero-order chi connectivity index (χ0) is 17.6. The number of hydrogen-bond acceptors (Lipinski definition) is 5. The summed E-state index contributed by atoms with van der Waals surface area (Å²) in [5, 5.41) is 4.04. The molecule has 0 unspecified atom stereocenters. The number of piperidine rings is 1. The molecule has 6 heteroatoms. The highest BCUT2D eigenvalue weighted by atomic mass is 16.5. The minimum Gasteiger partial charge on any atom is -0.378 e. The fourth-order valence-corrected chi connectivity index (χ4v) is 3.26. The maximum atomic E-state index is 6.03. The third-order valence-corrected chi connectivity index (χ3v) is 4.74. The molecule has 25 heavy (non-hydrogen) atoms. The van der Waals surface area contributed by atoms with E-state index in [1.165, 1.54) is 5.69 Å². The molecule has 1 fully saturated rings. The van der Waals surface area contributed by atoms with Crippen LogP contribution in [0.3, 0.4) is 0 Å². The highest BCUT2D eigenvalue weighted by Gasteiger charge is 2.20. The predicted molar refractivity (Wildman–Crippen MR) is 96.2 cm³/mol. The molecule has 0 amide bonds. The van der Waals surface area contributed by atoms with Crippen LogP contribution >= 0.6 is 0 Å². The minimum absolute atomic E-state index is 0.353. The van der Waals surface area contributed by atoms with E-state index in [1.807, 2.05) is 0 Å². The Labute approximate surface area is 150 Å². The van der Waals surface area contributed by atoms with E-state index in [1.54, 1.807) is 0 Å². The fraction of sp³-hybridized carbons (Fsp3) is 0.684. The molecule has 3 rings (SSSR count). The van der Waals surface area contributed by atoms with Crippen molar-refractivity contribution < 1.29 is 9.26 Å². The van der Waals surface area contributed by atoms with Gasteiger partial charge in [-0.3, -0.25) is 4.90 Å². The number of rotatable bonds is 8. The Morgan fingerprint density at radius 3 is 2.80 bits per heavy atom. The van der Waals surface area contributed by atoms with Crippen LogP contribution in [-0.4, -0.2) is 45.4 Å². The molecule has 2 aromatic heterocycles. The Hall–Kier alpha value is -1.66. The molecule has 1 aliphatic heterocycles. The van der Waals surface area contributed by atoms with Crippen molar-refractivity contribution >= 4 is 0 Å². The predicted octanol–water partition coefficient (Wildman–Crippen LogP) is 2.83. The molecular weight excluding hydrogens is 316 g/mol. The van der Waals surface area contributed by atoms with Crippen LogP contribution in [0.5, 0.6) is 0 Å². The number of nitrogens with zero attached hydrogens (tertiary/aromatic N) is 4. The summed E-state index contributed by atoms with van der Waals surface area (Å²) in [6.07, 6.45) is 6.21. The van der Waals surface area contributed by atoms with Crippen molar-refractivity contribution in [1.82, 2.24) is 19.6 Å². The Kier molecular flexibility index (Phi) is 6.26. The first-order chi connectivity index (χ1) is 12.1. The van der Waals surface area contributed by atoms with Gasteiger partial charge in [-0.05, 0) is 30.9 Å². The summed E-state index contributed by atoms with van der Waals surface area (Å²) in [6, 6.07) is 4.30.